The number of H-pyrrole nitrogens is 1. The summed E-state index contributed by atoms with van der Waals surface area (Å²) in [6, 6.07) is 11.2. The van der Waals surface area contributed by atoms with Crippen LogP contribution in [0.3, 0.4) is 0 Å². The van der Waals surface area contributed by atoms with E-state index in [9.17, 15) is 0 Å². The first-order valence-electron chi connectivity index (χ1n) is 7.96. The van der Waals surface area contributed by atoms with Crippen molar-refractivity contribution in [3.05, 3.63) is 57.6 Å². The van der Waals surface area contributed by atoms with E-state index in [4.69, 9.17) is 32.7 Å². The molecule has 2 aromatic carbocycles. The van der Waals surface area contributed by atoms with Crippen LogP contribution in [0.5, 0.6) is 11.5 Å². The molecular weight excluding hydrogens is 377 g/mol. The molecule has 0 saturated carbocycles. The van der Waals surface area contributed by atoms with E-state index in [1.165, 1.54) is 0 Å². The Labute approximate surface area is 160 Å². The number of hydrogen-bond donors (Lipinski definition) is 2. The molecule has 0 unspecified atom stereocenters. The lowest BCUT2D eigenvalue weighted by Gasteiger charge is -2.16. The molecule has 0 aliphatic heterocycles. The zero-order valence-electron chi connectivity index (χ0n) is 14.0. The Morgan fingerprint density at radius 3 is 2.69 bits per heavy atom. The van der Waals surface area contributed by atoms with Gasteiger partial charge in [0.05, 0.1) is 11.6 Å². The Morgan fingerprint density at radius 1 is 1.12 bits per heavy atom. The Morgan fingerprint density at radius 2 is 1.96 bits per heavy atom. The summed E-state index contributed by atoms with van der Waals surface area (Å²) in [7, 11) is 0. The second-order valence-electron chi connectivity index (χ2n) is 5.31. The van der Waals surface area contributed by atoms with Crippen LogP contribution in [-0.2, 0) is 13.2 Å². The normalized spacial score (nSPS) is 10.6. The maximum Gasteiger partial charge on any atom is 0.263 e. The SMILES string of the molecule is CCOc1cc(CNc2nn[nH]n2)cc(Cl)c1OCc1ccccc1Cl. The van der Waals surface area contributed by atoms with Crippen molar-refractivity contribution in [2.45, 2.75) is 20.1 Å². The highest BCUT2D eigenvalue weighted by Gasteiger charge is 2.14. The molecule has 9 heteroatoms. The molecule has 7 nitrogen and oxygen atoms in total. The van der Waals surface area contributed by atoms with Crippen molar-refractivity contribution in [1.82, 2.24) is 20.6 Å². The number of anilines is 1. The maximum absolute atomic E-state index is 6.42. The lowest BCUT2D eigenvalue weighted by Crippen LogP contribution is -2.04. The first-order chi connectivity index (χ1) is 12.7. The molecule has 0 amide bonds. The smallest absolute Gasteiger partial charge is 0.263 e. The third-order valence-corrected chi connectivity index (χ3v) is 4.14. The van der Waals surface area contributed by atoms with E-state index in [0.717, 1.165) is 11.1 Å². The number of hydrogen-bond acceptors (Lipinski definition) is 6. The number of halogens is 2. The van der Waals surface area contributed by atoms with Crippen molar-refractivity contribution >= 4 is 29.2 Å². The average molecular weight is 394 g/mol. The van der Waals surface area contributed by atoms with E-state index in [1.807, 2.05) is 37.3 Å². The summed E-state index contributed by atoms with van der Waals surface area (Å²) in [5.74, 6) is 1.45. The molecule has 2 N–H and O–H groups in total. The van der Waals surface area contributed by atoms with Crippen LogP contribution >= 0.6 is 23.2 Å². The van der Waals surface area contributed by atoms with Gasteiger partial charge in [0, 0.05) is 17.1 Å². The summed E-state index contributed by atoms with van der Waals surface area (Å²) in [5, 5.41) is 17.7. The third kappa shape index (κ3) is 4.56. The monoisotopic (exact) mass is 393 g/mol. The second kappa shape index (κ2) is 8.73. The fourth-order valence-corrected chi connectivity index (χ4v) is 2.79. The van der Waals surface area contributed by atoms with Crippen LogP contribution < -0.4 is 14.8 Å². The Hall–Kier alpha value is -2.51. The van der Waals surface area contributed by atoms with Crippen LogP contribution in [-0.4, -0.2) is 27.2 Å². The van der Waals surface area contributed by atoms with Crippen LogP contribution in [0.1, 0.15) is 18.1 Å². The van der Waals surface area contributed by atoms with Crippen molar-refractivity contribution < 1.29 is 9.47 Å². The van der Waals surface area contributed by atoms with E-state index in [0.29, 0.717) is 47.3 Å². The van der Waals surface area contributed by atoms with Crippen LogP contribution in [0, 0.1) is 0 Å². The minimum Gasteiger partial charge on any atom is -0.490 e. The van der Waals surface area contributed by atoms with Crippen molar-refractivity contribution in [3.63, 3.8) is 0 Å². The molecule has 136 valence electrons. The highest BCUT2D eigenvalue weighted by Crippen LogP contribution is 2.37. The van der Waals surface area contributed by atoms with Gasteiger partial charge in [-0.2, -0.15) is 5.21 Å². The van der Waals surface area contributed by atoms with Gasteiger partial charge in [0.2, 0.25) is 0 Å². The topological polar surface area (TPSA) is 85.0 Å². The zero-order valence-corrected chi connectivity index (χ0v) is 15.5. The summed E-state index contributed by atoms with van der Waals surface area (Å²) in [6.45, 7) is 3.14. The summed E-state index contributed by atoms with van der Waals surface area (Å²) < 4.78 is 11.6. The standard InChI is InChI=1S/C17H17Cl2N5O2/c1-2-25-15-8-11(9-20-17-21-23-24-22-17)7-14(19)16(15)26-10-12-5-3-4-6-13(12)18/h3-8H,2,9-10H2,1H3,(H2,20,21,22,23,24). The Kier molecular flexibility index (Phi) is 6.14. The molecule has 0 saturated heterocycles. The van der Waals surface area contributed by atoms with E-state index < -0.39 is 0 Å². The van der Waals surface area contributed by atoms with Crippen molar-refractivity contribution in [3.8, 4) is 11.5 Å². The summed E-state index contributed by atoms with van der Waals surface area (Å²) in [4.78, 5) is 0. The van der Waals surface area contributed by atoms with Crippen LogP contribution in [0.2, 0.25) is 10.0 Å². The first kappa shape index (κ1) is 18.3. The number of tetrazole rings is 1. The molecular formula is C17H17Cl2N5O2. The minimum atomic E-state index is 0.292. The van der Waals surface area contributed by atoms with Gasteiger partial charge < -0.3 is 14.8 Å². The second-order valence-corrected chi connectivity index (χ2v) is 6.12. The molecule has 0 fully saturated rings. The van der Waals surface area contributed by atoms with E-state index in [1.54, 1.807) is 6.07 Å². The van der Waals surface area contributed by atoms with Gasteiger partial charge in [-0.15, -0.1) is 5.10 Å². The number of benzene rings is 2. The molecule has 0 spiro atoms. The first-order valence-corrected chi connectivity index (χ1v) is 8.71. The van der Waals surface area contributed by atoms with Gasteiger partial charge in [-0.3, -0.25) is 0 Å². The van der Waals surface area contributed by atoms with E-state index in [-0.39, 0.29) is 0 Å². The highest BCUT2D eigenvalue weighted by atomic mass is 35.5. The van der Waals surface area contributed by atoms with Gasteiger partial charge in [0.1, 0.15) is 6.61 Å². The van der Waals surface area contributed by atoms with Gasteiger partial charge in [-0.05, 0) is 35.9 Å². The lowest BCUT2D eigenvalue weighted by atomic mass is 10.2. The van der Waals surface area contributed by atoms with E-state index >= 15 is 0 Å². The largest absolute Gasteiger partial charge is 0.490 e. The lowest BCUT2D eigenvalue weighted by molar-refractivity contribution is 0.269. The molecule has 0 radical (unpaired) electrons. The molecule has 0 atom stereocenters. The Balaban J connectivity index is 1.76. The van der Waals surface area contributed by atoms with Crippen molar-refractivity contribution in [1.29, 1.82) is 0 Å². The van der Waals surface area contributed by atoms with Crippen LogP contribution in [0.15, 0.2) is 36.4 Å². The molecule has 26 heavy (non-hydrogen) atoms. The molecule has 0 aliphatic rings. The number of ether oxygens (including phenoxy) is 2. The minimum absolute atomic E-state index is 0.292. The summed E-state index contributed by atoms with van der Waals surface area (Å²) >= 11 is 12.6. The molecule has 1 aromatic heterocycles. The number of aromatic nitrogens is 4. The summed E-state index contributed by atoms with van der Waals surface area (Å²) in [5.41, 5.74) is 1.77. The molecule has 0 bridgehead atoms. The van der Waals surface area contributed by atoms with Gasteiger partial charge in [-0.1, -0.05) is 46.5 Å². The van der Waals surface area contributed by atoms with E-state index in [2.05, 4.69) is 25.9 Å². The predicted octanol–water partition coefficient (Wildman–Crippen LogP) is 4.10. The fourth-order valence-electron chi connectivity index (χ4n) is 2.31. The zero-order chi connectivity index (χ0) is 18.4. The van der Waals surface area contributed by atoms with Crippen LogP contribution in [0.25, 0.3) is 0 Å². The quantitative estimate of drug-likeness (QED) is 0.599. The van der Waals surface area contributed by atoms with Crippen molar-refractivity contribution in [2.75, 3.05) is 11.9 Å². The van der Waals surface area contributed by atoms with Gasteiger partial charge in [-0.25, -0.2) is 0 Å². The molecule has 1 heterocycles. The number of nitrogens with one attached hydrogen (secondary N) is 2. The third-order valence-electron chi connectivity index (χ3n) is 3.49. The van der Waals surface area contributed by atoms with Gasteiger partial charge in [0.25, 0.3) is 5.95 Å². The molecule has 3 aromatic rings. The average Bonchev–Trinajstić information content (AvgIpc) is 3.14. The number of aromatic amines is 1. The fraction of sp³-hybridized carbons (Fsp3) is 0.235. The molecule has 0 aliphatic carbocycles. The highest BCUT2D eigenvalue weighted by molar-refractivity contribution is 6.32. The van der Waals surface area contributed by atoms with Crippen LogP contribution in [0.4, 0.5) is 5.95 Å². The van der Waals surface area contributed by atoms with Crippen molar-refractivity contribution in [2.24, 2.45) is 0 Å². The number of nitrogens with zero attached hydrogens (tertiary/aromatic N) is 3. The number of rotatable bonds is 8. The van der Waals surface area contributed by atoms with Gasteiger partial charge in [0.15, 0.2) is 11.5 Å². The summed E-state index contributed by atoms with van der Waals surface area (Å²) in [6.07, 6.45) is 0. The molecule has 3 rings (SSSR count). The van der Waals surface area contributed by atoms with Gasteiger partial charge >= 0.3 is 0 Å². The predicted molar refractivity (Wildman–Crippen MR) is 99.9 cm³/mol. The maximum atomic E-state index is 6.42. The Bertz CT molecular complexity index is 858.